The maximum atomic E-state index is 12.0. The van der Waals surface area contributed by atoms with Gasteiger partial charge in [-0.05, 0) is 38.0 Å². The van der Waals surface area contributed by atoms with E-state index in [9.17, 15) is 9.59 Å². The lowest BCUT2D eigenvalue weighted by atomic mass is 10.1. The number of hydrogen-bond donors (Lipinski definition) is 2. The Bertz CT molecular complexity index is 460. The van der Waals surface area contributed by atoms with E-state index in [1.807, 2.05) is 6.92 Å². The summed E-state index contributed by atoms with van der Waals surface area (Å²) in [5.74, 6) is -1.09. The summed E-state index contributed by atoms with van der Waals surface area (Å²) in [5.41, 5.74) is 1.35. The first kappa shape index (κ1) is 14.5. The molecule has 4 nitrogen and oxygen atoms in total. The Morgan fingerprint density at radius 2 is 2.11 bits per heavy atom. The third-order valence-corrected chi connectivity index (χ3v) is 2.85. The Hall–Kier alpha value is -1.55. The largest absolute Gasteiger partial charge is 0.481 e. The van der Waals surface area contributed by atoms with Crippen molar-refractivity contribution in [1.29, 1.82) is 0 Å². The van der Waals surface area contributed by atoms with Crippen molar-refractivity contribution in [3.05, 3.63) is 34.3 Å². The highest BCUT2D eigenvalue weighted by Crippen LogP contribution is 2.15. The molecule has 1 aromatic rings. The molecule has 1 amide bonds. The van der Waals surface area contributed by atoms with Gasteiger partial charge in [0.1, 0.15) is 0 Å². The summed E-state index contributed by atoms with van der Waals surface area (Å²) in [6, 6.07) is 4.92. The highest BCUT2D eigenvalue weighted by Gasteiger charge is 2.13. The molecule has 0 aliphatic carbocycles. The van der Waals surface area contributed by atoms with Crippen LogP contribution >= 0.6 is 11.6 Å². The first-order chi connectivity index (χ1) is 8.40. The third-order valence-electron chi connectivity index (χ3n) is 2.61. The van der Waals surface area contributed by atoms with Crippen LogP contribution in [0.4, 0.5) is 0 Å². The number of hydrogen-bond acceptors (Lipinski definition) is 2. The highest BCUT2D eigenvalue weighted by molar-refractivity contribution is 6.31. The number of aliphatic carboxylic acids is 1. The lowest BCUT2D eigenvalue weighted by molar-refractivity contribution is -0.137. The van der Waals surface area contributed by atoms with Gasteiger partial charge in [0, 0.05) is 23.0 Å². The minimum atomic E-state index is -0.866. The van der Waals surface area contributed by atoms with E-state index < -0.39 is 5.97 Å². The van der Waals surface area contributed by atoms with E-state index in [2.05, 4.69) is 5.32 Å². The predicted molar refractivity (Wildman–Crippen MR) is 70.0 cm³/mol. The molecule has 1 atom stereocenters. The fourth-order valence-corrected chi connectivity index (χ4v) is 1.72. The summed E-state index contributed by atoms with van der Waals surface area (Å²) >= 11 is 5.84. The van der Waals surface area contributed by atoms with Crippen LogP contribution in [0, 0.1) is 6.92 Å². The van der Waals surface area contributed by atoms with Gasteiger partial charge < -0.3 is 10.4 Å². The van der Waals surface area contributed by atoms with Gasteiger partial charge in [0.2, 0.25) is 0 Å². The summed E-state index contributed by atoms with van der Waals surface area (Å²) in [6.45, 7) is 3.61. The molecule has 1 rings (SSSR count). The minimum Gasteiger partial charge on any atom is -0.481 e. The number of halogens is 1. The molecule has 5 heteroatoms. The summed E-state index contributed by atoms with van der Waals surface area (Å²) in [6.07, 6.45) is 0.441. The quantitative estimate of drug-likeness (QED) is 0.863. The lowest BCUT2D eigenvalue weighted by Gasteiger charge is -2.14. The molecule has 0 saturated heterocycles. The monoisotopic (exact) mass is 269 g/mol. The van der Waals surface area contributed by atoms with E-state index in [1.165, 1.54) is 0 Å². The fourth-order valence-electron chi connectivity index (χ4n) is 1.55. The molecule has 2 N–H and O–H groups in total. The smallest absolute Gasteiger partial charge is 0.303 e. The second-order valence-electron chi connectivity index (χ2n) is 4.27. The summed E-state index contributed by atoms with van der Waals surface area (Å²) < 4.78 is 0. The van der Waals surface area contributed by atoms with Gasteiger partial charge in [-0.2, -0.15) is 0 Å². The van der Waals surface area contributed by atoms with E-state index >= 15 is 0 Å². The molecule has 0 aliphatic rings. The highest BCUT2D eigenvalue weighted by atomic mass is 35.5. The molecular formula is C13H16ClNO3. The minimum absolute atomic E-state index is 0.0377. The van der Waals surface area contributed by atoms with Crippen LogP contribution in [0.3, 0.4) is 0 Å². The molecule has 0 radical (unpaired) electrons. The van der Waals surface area contributed by atoms with Crippen LogP contribution in [0.25, 0.3) is 0 Å². The number of benzene rings is 1. The Balaban J connectivity index is 2.64. The zero-order chi connectivity index (χ0) is 13.7. The van der Waals surface area contributed by atoms with Gasteiger partial charge in [0.15, 0.2) is 0 Å². The number of rotatable bonds is 5. The SMILES string of the molecule is Cc1ccc(Cl)cc1C(=O)NC(C)CCC(=O)O. The topological polar surface area (TPSA) is 66.4 Å². The van der Waals surface area contributed by atoms with Crippen molar-refractivity contribution in [3.8, 4) is 0 Å². The van der Waals surface area contributed by atoms with Crippen molar-refractivity contribution < 1.29 is 14.7 Å². The molecule has 18 heavy (non-hydrogen) atoms. The summed E-state index contributed by atoms with van der Waals surface area (Å²) in [7, 11) is 0. The van der Waals surface area contributed by atoms with E-state index in [0.29, 0.717) is 17.0 Å². The van der Waals surface area contributed by atoms with Crippen LogP contribution in [0.2, 0.25) is 5.02 Å². The molecule has 0 heterocycles. The van der Waals surface area contributed by atoms with Gasteiger partial charge in [0.25, 0.3) is 5.91 Å². The van der Waals surface area contributed by atoms with Crippen LogP contribution < -0.4 is 5.32 Å². The number of carboxylic acid groups (broad SMARTS) is 1. The average molecular weight is 270 g/mol. The molecule has 0 spiro atoms. The Morgan fingerprint density at radius 3 is 2.72 bits per heavy atom. The molecular weight excluding hydrogens is 254 g/mol. The summed E-state index contributed by atoms with van der Waals surface area (Å²) in [5, 5.41) is 11.8. The predicted octanol–water partition coefficient (Wildman–Crippen LogP) is 2.63. The van der Waals surface area contributed by atoms with Crippen LogP contribution in [0.5, 0.6) is 0 Å². The van der Waals surface area contributed by atoms with Crippen molar-refractivity contribution in [2.75, 3.05) is 0 Å². The van der Waals surface area contributed by atoms with E-state index in [4.69, 9.17) is 16.7 Å². The van der Waals surface area contributed by atoms with Gasteiger partial charge in [-0.15, -0.1) is 0 Å². The number of aryl methyl sites for hydroxylation is 1. The molecule has 0 aliphatic heterocycles. The molecule has 1 aromatic carbocycles. The maximum absolute atomic E-state index is 12.0. The van der Waals surface area contributed by atoms with Crippen LogP contribution in [-0.2, 0) is 4.79 Å². The van der Waals surface area contributed by atoms with Gasteiger partial charge in [-0.25, -0.2) is 0 Å². The second-order valence-corrected chi connectivity index (χ2v) is 4.70. The average Bonchev–Trinajstić information content (AvgIpc) is 2.29. The second kappa shape index (κ2) is 6.40. The maximum Gasteiger partial charge on any atom is 0.303 e. The normalized spacial score (nSPS) is 11.9. The van der Waals surface area contributed by atoms with Crippen LogP contribution in [0.1, 0.15) is 35.7 Å². The Morgan fingerprint density at radius 1 is 1.44 bits per heavy atom. The molecule has 0 saturated carbocycles. The molecule has 1 unspecified atom stereocenters. The number of amides is 1. The number of carbonyl (C=O) groups is 2. The molecule has 0 aromatic heterocycles. The fraction of sp³-hybridized carbons (Fsp3) is 0.385. The Kier molecular flexibility index (Phi) is 5.16. The first-order valence-corrected chi connectivity index (χ1v) is 6.06. The van der Waals surface area contributed by atoms with E-state index in [1.54, 1.807) is 25.1 Å². The van der Waals surface area contributed by atoms with Gasteiger partial charge in [-0.1, -0.05) is 17.7 Å². The van der Waals surface area contributed by atoms with Crippen molar-refractivity contribution in [3.63, 3.8) is 0 Å². The number of nitrogens with one attached hydrogen (secondary N) is 1. The van der Waals surface area contributed by atoms with Crippen molar-refractivity contribution >= 4 is 23.5 Å². The lowest BCUT2D eigenvalue weighted by Crippen LogP contribution is -2.33. The number of carbonyl (C=O) groups excluding carboxylic acids is 1. The van der Waals surface area contributed by atoms with Crippen molar-refractivity contribution in [2.45, 2.75) is 32.7 Å². The molecule has 98 valence electrons. The van der Waals surface area contributed by atoms with E-state index in [-0.39, 0.29) is 18.4 Å². The third kappa shape index (κ3) is 4.37. The van der Waals surface area contributed by atoms with Crippen molar-refractivity contribution in [2.24, 2.45) is 0 Å². The molecule has 0 fully saturated rings. The molecule has 0 bridgehead atoms. The summed E-state index contributed by atoms with van der Waals surface area (Å²) in [4.78, 5) is 22.4. The van der Waals surface area contributed by atoms with E-state index in [0.717, 1.165) is 5.56 Å². The van der Waals surface area contributed by atoms with Crippen LogP contribution in [-0.4, -0.2) is 23.0 Å². The van der Waals surface area contributed by atoms with Crippen LogP contribution in [0.15, 0.2) is 18.2 Å². The van der Waals surface area contributed by atoms with Gasteiger partial charge >= 0.3 is 5.97 Å². The van der Waals surface area contributed by atoms with Gasteiger partial charge in [0.05, 0.1) is 0 Å². The first-order valence-electron chi connectivity index (χ1n) is 5.69. The standard InChI is InChI=1S/C13H16ClNO3/c1-8-3-5-10(14)7-11(8)13(18)15-9(2)4-6-12(16)17/h3,5,7,9H,4,6H2,1-2H3,(H,15,18)(H,16,17). The zero-order valence-electron chi connectivity index (χ0n) is 10.4. The Labute approximate surface area is 111 Å². The number of carboxylic acids is 1. The zero-order valence-corrected chi connectivity index (χ0v) is 11.1. The van der Waals surface area contributed by atoms with Gasteiger partial charge in [-0.3, -0.25) is 9.59 Å². The van der Waals surface area contributed by atoms with Crippen molar-refractivity contribution in [1.82, 2.24) is 5.32 Å².